The topological polar surface area (TPSA) is 56.0 Å². The van der Waals surface area contributed by atoms with Gasteiger partial charge in [0.15, 0.2) is 11.2 Å². The van der Waals surface area contributed by atoms with Crippen LogP contribution in [-0.4, -0.2) is 15.8 Å². The number of ketones is 1. The number of aromatic nitrogens is 2. The second-order valence-electron chi connectivity index (χ2n) is 7.60. The number of hydrogen-bond acceptors (Lipinski definition) is 4. The van der Waals surface area contributed by atoms with Crippen molar-refractivity contribution in [1.82, 2.24) is 9.97 Å². The first-order valence-corrected chi connectivity index (χ1v) is 11.2. The highest BCUT2D eigenvalue weighted by molar-refractivity contribution is 5.93. The number of nitrogens with zero attached hydrogens (tertiary/aromatic N) is 2. The van der Waals surface area contributed by atoms with Gasteiger partial charge in [0.25, 0.3) is 5.89 Å². The molecule has 0 unspecified atom stereocenters. The molecule has 0 atom stereocenters. The smallest absolute Gasteiger partial charge is 0.265 e. The summed E-state index contributed by atoms with van der Waals surface area (Å²) in [6, 6.07) is 3.57. The van der Waals surface area contributed by atoms with E-state index in [4.69, 9.17) is 4.42 Å². The van der Waals surface area contributed by atoms with Gasteiger partial charge in [0.05, 0.1) is 0 Å². The van der Waals surface area contributed by atoms with Gasteiger partial charge < -0.3 is 4.42 Å². The zero-order chi connectivity index (χ0) is 19.9. The maximum absolute atomic E-state index is 12.2. The molecule has 154 valence electrons. The quantitative estimate of drug-likeness (QED) is 0.171. The fourth-order valence-corrected chi connectivity index (χ4v) is 3.35. The summed E-state index contributed by atoms with van der Waals surface area (Å²) in [5.41, 5.74) is 1.09. The van der Waals surface area contributed by atoms with Crippen molar-refractivity contribution < 1.29 is 9.21 Å². The van der Waals surface area contributed by atoms with Crippen LogP contribution in [-0.2, 0) is 0 Å². The third kappa shape index (κ3) is 8.81. The standard InChI is InChI=1S/C24H36N2O2/c1-2-3-4-5-6-7-8-9-10-11-12-13-14-15-16-18-21(27)24-26-23-22(28-24)19-17-20-25-23/h9-10,17,19-20H,2-8,11-16,18H2,1H3. The van der Waals surface area contributed by atoms with Crippen molar-refractivity contribution in [1.29, 1.82) is 0 Å². The molecule has 4 heteroatoms. The zero-order valence-electron chi connectivity index (χ0n) is 17.5. The van der Waals surface area contributed by atoms with Gasteiger partial charge in [-0.15, -0.1) is 0 Å². The fourth-order valence-electron chi connectivity index (χ4n) is 3.35. The molecular formula is C24H36N2O2. The Hall–Kier alpha value is -1.97. The largest absolute Gasteiger partial charge is 0.432 e. The van der Waals surface area contributed by atoms with Gasteiger partial charge in [-0.3, -0.25) is 4.79 Å². The van der Waals surface area contributed by atoms with Gasteiger partial charge in [0.1, 0.15) is 0 Å². The van der Waals surface area contributed by atoms with Gasteiger partial charge in [0.2, 0.25) is 5.78 Å². The van der Waals surface area contributed by atoms with E-state index in [2.05, 4.69) is 29.0 Å². The maximum atomic E-state index is 12.2. The molecule has 0 saturated heterocycles. The number of fused-ring (bicyclic) bond motifs is 1. The van der Waals surface area contributed by atoms with Crippen LogP contribution in [0.2, 0.25) is 0 Å². The predicted molar refractivity (Wildman–Crippen MR) is 116 cm³/mol. The Kier molecular flexibility index (Phi) is 11.2. The number of rotatable bonds is 16. The molecule has 0 aliphatic heterocycles. The zero-order valence-corrected chi connectivity index (χ0v) is 17.5. The highest BCUT2D eigenvalue weighted by Crippen LogP contribution is 2.16. The number of allylic oxidation sites excluding steroid dienone is 2. The van der Waals surface area contributed by atoms with E-state index in [1.165, 1.54) is 70.6 Å². The molecule has 0 aliphatic rings. The molecule has 0 N–H and O–H groups in total. The van der Waals surface area contributed by atoms with Crippen molar-refractivity contribution >= 4 is 17.0 Å². The van der Waals surface area contributed by atoms with Gasteiger partial charge in [-0.2, -0.15) is 4.98 Å². The van der Waals surface area contributed by atoms with Crippen molar-refractivity contribution in [2.45, 2.75) is 96.8 Å². The number of carbonyl (C=O) groups excluding carboxylic acids is 1. The number of hydrogen-bond donors (Lipinski definition) is 0. The predicted octanol–water partition coefficient (Wildman–Crippen LogP) is 7.44. The summed E-state index contributed by atoms with van der Waals surface area (Å²) in [7, 11) is 0. The first kappa shape index (κ1) is 22.3. The van der Waals surface area contributed by atoms with E-state index in [-0.39, 0.29) is 11.7 Å². The van der Waals surface area contributed by atoms with Gasteiger partial charge in [-0.25, -0.2) is 4.98 Å². The van der Waals surface area contributed by atoms with E-state index in [0.29, 0.717) is 17.7 Å². The number of pyridine rings is 1. The molecule has 4 nitrogen and oxygen atoms in total. The molecule has 0 amide bonds. The second kappa shape index (κ2) is 14.1. The molecule has 2 aromatic heterocycles. The van der Waals surface area contributed by atoms with Crippen molar-refractivity contribution in [3.8, 4) is 0 Å². The van der Waals surface area contributed by atoms with E-state index in [1.54, 1.807) is 18.3 Å². The van der Waals surface area contributed by atoms with Crippen LogP contribution in [0.1, 0.15) is 108 Å². The second-order valence-corrected chi connectivity index (χ2v) is 7.60. The Bertz CT molecular complexity index is 672. The van der Waals surface area contributed by atoms with Crippen LogP contribution in [0, 0.1) is 0 Å². The van der Waals surface area contributed by atoms with Gasteiger partial charge >= 0.3 is 0 Å². The molecule has 0 bridgehead atoms. The molecule has 0 aliphatic carbocycles. The first-order chi connectivity index (χ1) is 13.8. The Morgan fingerprint density at radius 2 is 1.57 bits per heavy atom. The number of Topliss-reactive ketones (excluding diaryl/α,β-unsaturated/α-hetero) is 1. The summed E-state index contributed by atoms with van der Waals surface area (Å²) in [6.07, 6.45) is 23.2. The summed E-state index contributed by atoms with van der Waals surface area (Å²) < 4.78 is 5.47. The SMILES string of the molecule is CCCCCCCCC=CCCCCCCCC(=O)c1nc2ncccc2o1. The summed E-state index contributed by atoms with van der Waals surface area (Å²) in [5, 5.41) is 0. The molecule has 28 heavy (non-hydrogen) atoms. The van der Waals surface area contributed by atoms with Gasteiger partial charge in [-0.1, -0.05) is 70.4 Å². The molecule has 0 radical (unpaired) electrons. The fraction of sp³-hybridized carbons (Fsp3) is 0.625. The number of unbranched alkanes of at least 4 members (excludes halogenated alkanes) is 11. The third-order valence-corrected chi connectivity index (χ3v) is 5.07. The molecule has 0 saturated carbocycles. The molecule has 2 heterocycles. The van der Waals surface area contributed by atoms with Crippen LogP contribution in [0.25, 0.3) is 11.2 Å². The van der Waals surface area contributed by atoms with E-state index in [1.807, 2.05) is 0 Å². The summed E-state index contributed by atoms with van der Waals surface area (Å²) in [6.45, 7) is 2.26. The van der Waals surface area contributed by atoms with E-state index in [9.17, 15) is 4.79 Å². The van der Waals surface area contributed by atoms with Crippen LogP contribution in [0.15, 0.2) is 34.9 Å². The van der Waals surface area contributed by atoms with Crippen LogP contribution < -0.4 is 0 Å². The Balaban J connectivity index is 1.42. The third-order valence-electron chi connectivity index (χ3n) is 5.07. The Morgan fingerprint density at radius 3 is 2.25 bits per heavy atom. The van der Waals surface area contributed by atoms with Gasteiger partial charge in [0, 0.05) is 12.6 Å². The highest BCUT2D eigenvalue weighted by Gasteiger charge is 2.14. The first-order valence-electron chi connectivity index (χ1n) is 11.2. The number of oxazole rings is 1. The Labute approximate surface area is 169 Å². The minimum absolute atomic E-state index is 0.0179. The van der Waals surface area contributed by atoms with E-state index >= 15 is 0 Å². The lowest BCUT2D eigenvalue weighted by atomic mass is 10.1. The van der Waals surface area contributed by atoms with Crippen molar-refractivity contribution in [3.63, 3.8) is 0 Å². The summed E-state index contributed by atoms with van der Waals surface area (Å²) in [5.74, 6) is 0.180. The summed E-state index contributed by atoms with van der Waals surface area (Å²) >= 11 is 0. The monoisotopic (exact) mass is 384 g/mol. The molecular weight excluding hydrogens is 348 g/mol. The minimum Gasteiger partial charge on any atom is -0.432 e. The lowest BCUT2D eigenvalue weighted by Crippen LogP contribution is -1.99. The van der Waals surface area contributed by atoms with E-state index < -0.39 is 0 Å². The van der Waals surface area contributed by atoms with Crippen LogP contribution in [0.4, 0.5) is 0 Å². The van der Waals surface area contributed by atoms with Gasteiger partial charge in [-0.05, 0) is 44.2 Å². The van der Waals surface area contributed by atoms with Crippen molar-refractivity contribution in [3.05, 3.63) is 36.4 Å². The lowest BCUT2D eigenvalue weighted by Gasteiger charge is -2.00. The van der Waals surface area contributed by atoms with Crippen molar-refractivity contribution in [2.24, 2.45) is 0 Å². The lowest BCUT2D eigenvalue weighted by molar-refractivity contribution is 0.0947. The summed E-state index contributed by atoms with van der Waals surface area (Å²) in [4.78, 5) is 20.4. The van der Waals surface area contributed by atoms with Crippen LogP contribution >= 0.6 is 0 Å². The average Bonchev–Trinajstić information content (AvgIpc) is 3.15. The highest BCUT2D eigenvalue weighted by atomic mass is 16.4. The molecule has 0 spiro atoms. The molecule has 2 aromatic rings. The maximum Gasteiger partial charge on any atom is 0.265 e. The Morgan fingerprint density at radius 1 is 0.929 bits per heavy atom. The minimum atomic E-state index is -0.0179. The van der Waals surface area contributed by atoms with Crippen molar-refractivity contribution in [2.75, 3.05) is 0 Å². The molecule has 0 fully saturated rings. The molecule has 2 rings (SSSR count). The molecule has 0 aromatic carbocycles. The normalized spacial score (nSPS) is 11.6. The average molecular weight is 385 g/mol. The van der Waals surface area contributed by atoms with E-state index in [0.717, 1.165) is 12.8 Å². The van der Waals surface area contributed by atoms with Crippen LogP contribution in [0.3, 0.4) is 0 Å². The number of carbonyl (C=O) groups is 1. The van der Waals surface area contributed by atoms with Crippen LogP contribution in [0.5, 0.6) is 0 Å².